The number of aliphatic hydroxyl groups is 3. The molecule has 0 spiro atoms. The Labute approximate surface area is 91.3 Å². The van der Waals surface area contributed by atoms with Crippen molar-refractivity contribution in [3.05, 3.63) is 0 Å². The highest BCUT2D eigenvalue weighted by atomic mass is 17.1. The Hall–Kier alpha value is -0.770. The van der Waals surface area contributed by atoms with E-state index in [0.29, 0.717) is 0 Å². The van der Waals surface area contributed by atoms with Gasteiger partial charge in [0.2, 0.25) is 12.2 Å². The Balaban J connectivity index is 2.77. The third-order valence-corrected chi connectivity index (χ3v) is 2.35. The quantitative estimate of drug-likeness (QED) is 0.269. The average Bonchev–Trinajstić information content (AvgIpc) is 2.25. The lowest BCUT2D eigenvalue weighted by atomic mass is 9.97. The Morgan fingerprint density at radius 3 is 2.50 bits per heavy atom. The molecule has 8 nitrogen and oxygen atoms in total. The molecule has 1 saturated heterocycles. The van der Waals surface area contributed by atoms with Crippen molar-refractivity contribution in [2.45, 2.75) is 37.6 Å². The van der Waals surface area contributed by atoms with E-state index in [1.165, 1.54) is 6.92 Å². The van der Waals surface area contributed by atoms with Crippen LogP contribution in [-0.2, 0) is 14.4 Å². The fourth-order valence-corrected chi connectivity index (χ4v) is 1.56. The Morgan fingerprint density at radius 2 is 2.06 bits per heavy atom. The molecule has 0 aliphatic carbocycles. The van der Waals surface area contributed by atoms with Gasteiger partial charge in [-0.3, -0.25) is 4.79 Å². The molecular formula is C8H15NO7. The average molecular weight is 237 g/mol. The normalized spacial score (nSPS) is 39.4. The SMILES string of the molecule is CC(=O)N[C@H]1[C@H](OO)O[C@H](CO)[C@H](O)[C@@H]1O. The van der Waals surface area contributed by atoms with Crippen LogP contribution in [0.5, 0.6) is 0 Å². The zero-order valence-corrected chi connectivity index (χ0v) is 8.61. The highest BCUT2D eigenvalue weighted by molar-refractivity contribution is 5.73. The second-order valence-corrected chi connectivity index (χ2v) is 3.54. The summed E-state index contributed by atoms with van der Waals surface area (Å²) in [6.45, 7) is 0.649. The fourth-order valence-electron chi connectivity index (χ4n) is 1.56. The summed E-state index contributed by atoms with van der Waals surface area (Å²) in [5.41, 5.74) is 0. The van der Waals surface area contributed by atoms with Crippen LogP contribution in [0.15, 0.2) is 0 Å². The maximum atomic E-state index is 10.8. The first-order valence-corrected chi connectivity index (χ1v) is 4.71. The van der Waals surface area contributed by atoms with Gasteiger partial charge in [-0.15, -0.1) is 0 Å². The molecule has 1 aliphatic heterocycles. The number of carbonyl (C=O) groups is 1. The zero-order valence-electron chi connectivity index (χ0n) is 8.61. The summed E-state index contributed by atoms with van der Waals surface area (Å²) in [7, 11) is 0. The van der Waals surface area contributed by atoms with Gasteiger partial charge in [-0.25, -0.2) is 10.1 Å². The number of nitrogens with one attached hydrogen (secondary N) is 1. The second kappa shape index (κ2) is 5.53. The minimum absolute atomic E-state index is 0.482. The summed E-state index contributed by atoms with van der Waals surface area (Å²) < 4.78 is 4.93. The first-order chi connectivity index (χ1) is 7.51. The van der Waals surface area contributed by atoms with E-state index in [4.69, 9.17) is 15.1 Å². The summed E-state index contributed by atoms with van der Waals surface area (Å²) in [6, 6.07) is -1.11. The number of aliphatic hydroxyl groups excluding tert-OH is 3. The van der Waals surface area contributed by atoms with Crippen LogP contribution in [0.4, 0.5) is 0 Å². The van der Waals surface area contributed by atoms with E-state index < -0.39 is 43.2 Å². The standard InChI is InChI=1S/C8H15NO7/c1-3(11)9-5-7(13)6(12)4(2-10)15-8(5)16-14/h4-8,10,12-14H,2H2,1H3,(H,9,11)/t4-,5-,6+,7-,8+/m1/s1. The van der Waals surface area contributed by atoms with Crippen LogP contribution in [0.1, 0.15) is 6.92 Å². The van der Waals surface area contributed by atoms with Crippen molar-refractivity contribution in [2.24, 2.45) is 0 Å². The zero-order chi connectivity index (χ0) is 12.3. The van der Waals surface area contributed by atoms with E-state index in [-0.39, 0.29) is 0 Å². The fraction of sp³-hybridized carbons (Fsp3) is 0.875. The molecule has 0 aromatic rings. The van der Waals surface area contributed by atoms with Gasteiger partial charge < -0.3 is 25.4 Å². The molecule has 1 rings (SSSR count). The van der Waals surface area contributed by atoms with E-state index >= 15 is 0 Å². The van der Waals surface area contributed by atoms with Crippen LogP contribution in [-0.4, -0.2) is 63.7 Å². The molecule has 5 N–H and O–H groups in total. The molecule has 1 aliphatic rings. The maximum absolute atomic E-state index is 10.8. The Morgan fingerprint density at radius 1 is 1.44 bits per heavy atom. The van der Waals surface area contributed by atoms with E-state index in [9.17, 15) is 15.0 Å². The number of hydrogen-bond donors (Lipinski definition) is 5. The molecule has 0 aromatic carbocycles. The van der Waals surface area contributed by atoms with E-state index in [1.54, 1.807) is 0 Å². The number of rotatable bonds is 3. The first kappa shape index (κ1) is 13.3. The number of amides is 1. The summed E-state index contributed by atoms with van der Waals surface area (Å²) in [4.78, 5) is 14.8. The van der Waals surface area contributed by atoms with E-state index in [0.717, 1.165) is 0 Å². The van der Waals surface area contributed by atoms with Crippen molar-refractivity contribution < 1.29 is 35.0 Å². The molecule has 16 heavy (non-hydrogen) atoms. The van der Waals surface area contributed by atoms with Crippen molar-refractivity contribution in [1.82, 2.24) is 5.32 Å². The highest BCUT2D eigenvalue weighted by Crippen LogP contribution is 2.21. The molecule has 8 heteroatoms. The van der Waals surface area contributed by atoms with Crippen LogP contribution in [0.3, 0.4) is 0 Å². The molecule has 94 valence electrons. The van der Waals surface area contributed by atoms with Crippen molar-refractivity contribution in [3.8, 4) is 0 Å². The molecule has 0 radical (unpaired) electrons. The van der Waals surface area contributed by atoms with Gasteiger partial charge in [0, 0.05) is 6.92 Å². The van der Waals surface area contributed by atoms with Crippen LogP contribution >= 0.6 is 0 Å². The van der Waals surface area contributed by atoms with Gasteiger partial charge in [-0.2, -0.15) is 0 Å². The summed E-state index contributed by atoms with van der Waals surface area (Å²) in [5, 5.41) is 38.8. The minimum atomic E-state index is -1.41. The molecule has 5 atom stereocenters. The second-order valence-electron chi connectivity index (χ2n) is 3.54. The monoisotopic (exact) mass is 237 g/mol. The highest BCUT2D eigenvalue weighted by Gasteiger charge is 2.45. The molecule has 1 heterocycles. The molecule has 0 aromatic heterocycles. The lowest BCUT2D eigenvalue weighted by Crippen LogP contribution is -2.64. The molecule has 0 bridgehead atoms. The lowest BCUT2D eigenvalue weighted by molar-refractivity contribution is -0.387. The van der Waals surface area contributed by atoms with Gasteiger partial charge >= 0.3 is 0 Å². The minimum Gasteiger partial charge on any atom is -0.394 e. The van der Waals surface area contributed by atoms with Crippen LogP contribution in [0.25, 0.3) is 0 Å². The van der Waals surface area contributed by atoms with Crippen LogP contribution in [0.2, 0.25) is 0 Å². The van der Waals surface area contributed by atoms with Crippen LogP contribution in [0, 0.1) is 0 Å². The van der Waals surface area contributed by atoms with Gasteiger partial charge in [-0.1, -0.05) is 0 Å². The van der Waals surface area contributed by atoms with Gasteiger partial charge in [0.05, 0.1) is 6.61 Å². The van der Waals surface area contributed by atoms with Crippen LogP contribution < -0.4 is 5.32 Å². The molecular weight excluding hydrogens is 222 g/mol. The van der Waals surface area contributed by atoms with Crippen molar-refractivity contribution >= 4 is 5.91 Å². The van der Waals surface area contributed by atoms with Crippen molar-refractivity contribution in [1.29, 1.82) is 0 Å². The van der Waals surface area contributed by atoms with E-state index in [1.807, 2.05) is 0 Å². The number of carbonyl (C=O) groups excluding carboxylic acids is 1. The molecule has 0 saturated carbocycles. The Bertz CT molecular complexity index is 247. The molecule has 1 fully saturated rings. The number of ether oxygens (including phenoxy) is 1. The largest absolute Gasteiger partial charge is 0.394 e. The smallest absolute Gasteiger partial charge is 0.217 e. The lowest BCUT2D eigenvalue weighted by Gasteiger charge is -2.40. The predicted molar refractivity (Wildman–Crippen MR) is 49.1 cm³/mol. The molecule has 1 amide bonds. The number of hydrogen-bond acceptors (Lipinski definition) is 7. The van der Waals surface area contributed by atoms with Gasteiger partial charge in [0.25, 0.3) is 0 Å². The first-order valence-electron chi connectivity index (χ1n) is 4.71. The topological polar surface area (TPSA) is 128 Å². The summed E-state index contributed by atoms with van der Waals surface area (Å²) in [5.74, 6) is -0.482. The van der Waals surface area contributed by atoms with E-state index in [2.05, 4.69) is 10.2 Å². The van der Waals surface area contributed by atoms with Gasteiger partial charge in [0.1, 0.15) is 24.4 Å². The predicted octanol–water partition coefficient (Wildman–Crippen LogP) is -2.58. The Kier molecular flexibility index (Phi) is 4.59. The van der Waals surface area contributed by atoms with Crippen molar-refractivity contribution in [2.75, 3.05) is 6.61 Å². The maximum Gasteiger partial charge on any atom is 0.217 e. The third-order valence-electron chi connectivity index (χ3n) is 2.35. The third kappa shape index (κ3) is 2.67. The van der Waals surface area contributed by atoms with Gasteiger partial charge in [0.15, 0.2) is 0 Å². The molecule has 0 unspecified atom stereocenters. The van der Waals surface area contributed by atoms with Crippen molar-refractivity contribution in [3.63, 3.8) is 0 Å². The summed E-state index contributed by atoms with van der Waals surface area (Å²) >= 11 is 0. The summed E-state index contributed by atoms with van der Waals surface area (Å²) in [6.07, 6.45) is -5.23. The van der Waals surface area contributed by atoms with Gasteiger partial charge in [-0.05, 0) is 0 Å².